The van der Waals surface area contributed by atoms with Crippen molar-refractivity contribution in [3.05, 3.63) is 28.2 Å². The Morgan fingerprint density at radius 3 is 2.54 bits per heavy atom. The molecule has 3 amide bonds. The number of rotatable bonds is 6. The van der Waals surface area contributed by atoms with E-state index in [0.717, 1.165) is 18.9 Å². The van der Waals surface area contributed by atoms with E-state index in [4.69, 9.17) is 10.5 Å². The number of carbonyl (C=O) groups excluding carboxylic acids is 3. The molecule has 1 aromatic carbocycles. The van der Waals surface area contributed by atoms with E-state index in [2.05, 4.69) is 20.7 Å². The zero-order valence-corrected chi connectivity index (χ0v) is 14.6. The molecule has 0 radical (unpaired) electrons. The Hall–Kier alpha value is -1.98. The van der Waals surface area contributed by atoms with E-state index in [1.165, 1.54) is 12.1 Å². The number of primary amides is 1. The minimum absolute atomic E-state index is 0.0689. The standard InChI is InChI=1S/C13H14BrN3O6S/c14-10-4-3-8(24(21,22)17-7-1-2-7)5-9(10)12(19)23-6-11(18)16-13(15)20/h3-5,7,17H,1-2,6H2,(H3,15,16,18,20). The Balaban J connectivity index is 2.11. The topological polar surface area (TPSA) is 145 Å². The molecule has 0 saturated heterocycles. The molecule has 11 heteroatoms. The zero-order chi connectivity index (χ0) is 17.9. The maximum Gasteiger partial charge on any atom is 0.339 e. The number of urea groups is 1. The summed E-state index contributed by atoms with van der Waals surface area (Å²) in [5.74, 6) is -1.82. The molecule has 1 fully saturated rings. The van der Waals surface area contributed by atoms with Crippen LogP contribution in [0, 0.1) is 0 Å². The van der Waals surface area contributed by atoms with E-state index in [1.54, 1.807) is 5.32 Å². The quantitative estimate of drug-likeness (QED) is 0.563. The summed E-state index contributed by atoms with van der Waals surface area (Å²) in [6.07, 6.45) is 1.55. The van der Waals surface area contributed by atoms with Gasteiger partial charge in [0.15, 0.2) is 6.61 Å². The van der Waals surface area contributed by atoms with Gasteiger partial charge in [0.2, 0.25) is 10.0 Å². The lowest BCUT2D eigenvalue weighted by Gasteiger charge is -2.09. The van der Waals surface area contributed by atoms with E-state index in [0.29, 0.717) is 4.47 Å². The second-order valence-electron chi connectivity index (χ2n) is 5.03. The molecule has 130 valence electrons. The lowest BCUT2D eigenvalue weighted by Crippen LogP contribution is -2.37. The van der Waals surface area contributed by atoms with E-state index in [-0.39, 0.29) is 16.5 Å². The van der Waals surface area contributed by atoms with Gasteiger partial charge in [0.05, 0.1) is 10.5 Å². The Kier molecular flexibility index (Phi) is 5.57. The highest BCUT2D eigenvalue weighted by Gasteiger charge is 2.28. The number of nitrogens with two attached hydrogens (primary N) is 1. The van der Waals surface area contributed by atoms with E-state index < -0.39 is 34.5 Å². The molecule has 1 aromatic rings. The number of benzene rings is 1. The van der Waals surface area contributed by atoms with Crippen molar-refractivity contribution < 1.29 is 27.5 Å². The minimum atomic E-state index is -3.74. The van der Waals surface area contributed by atoms with Crippen molar-refractivity contribution in [3.8, 4) is 0 Å². The third-order valence-electron chi connectivity index (χ3n) is 2.96. The van der Waals surface area contributed by atoms with Crippen LogP contribution in [0.4, 0.5) is 4.79 Å². The smallest absolute Gasteiger partial charge is 0.339 e. The molecule has 0 spiro atoms. The Labute approximate surface area is 146 Å². The first kappa shape index (κ1) is 18.4. The van der Waals surface area contributed by atoms with E-state index in [1.807, 2.05) is 0 Å². The fourth-order valence-corrected chi connectivity index (χ4v) is 3.44. The number of amides is 3. The number of hydrogen-bond donors (Lipinski definition) is 3. The van der Waals surface area contributed by atoms with Crippen LogP contribution >= 0.6 is 15.9 Å². The number of nitrogens with one attached hydrogen (secondary N) is 2. The van der Waals surface area contributed by atoms with Crippen molar-refractivity contribution in [2.45, 2.75) is 23.8 Å². The SMILES string of the molecule is NC(=O)NC(=O)COC(=O)c1cc(S(=O)(=O)NC2CC2)ccc1Br. The van der Waals surface area contributed by atoms with Gasteiger partial charge in [0, 0.05) is 10.5 Å². The van der Waals surface area contributed by atoms with Gasteiger partial charge in [-0.25, -0.2) is 22.7 Å². The molecule has 2 rings (SSSR count). The highest BCUT2D eigenvalue weighted by Crippen LogP contribution is 2.25. The van der Waals surface area contributed by atoms with Crippen LogP contribution in [0.3, 0.4) is 0 Å². The third kappa shape index (κ3) is 5.01. The summed E-state index contributed by atoms with van der Waals surface area (Å²) >= 11 is 3.12. The molecule has 0 bridgehead atoms. The molecule has 0 atom stereocenters. The molecule has 0 heterocycles. The average molecular weight is 420 g/mol. The van der Waals surface area contributed by atoms with Gasteiger partial charge in [-0.05, 0) is 47.0 Å². The predicted molar refractivity (Wildman–Crippen MR) is 85.5 cm³/mol. The van der Waals surface area contributed by atoms with Crippen molar-refractivity contribution in [2.24, 2.45) is 5.73 Å². The van der Waals surface area contributed by atoms with Crippen LogP contribution in [0.25, 0.3) is 0 Å². The first-order valence-corrected chi connectivity index (χ1v) is 9.05. The second kappa shape index (κ2) is 7.28. The first-order valence-electron chi connectivity index (χ1n) is 6.77. The van der Waals surface area contributed by atoms with Crippen molar-refractivity contribution in [3.63, 3.8) is 0 Å². The van der Waals surface area contributed by atoms with Crippen molar-refractivity contribution in [1.29, 1.82) is 0 Å². The molecule has 1 aliphatic carbocycles. The van der Waals surface area contributed by atoms with E-state index >= 15 is 0 Å². The van der Waals surface area contributed by atoms with Gasteiger partial charge in [-0.2, -0.15) is 0 Å². The largest absolute Gasteiger partial charge is 0.452 e. The predicted octanol–water partition coefficient (Wildman–Crippen LogP) is 0.242. The van der Waals surface area contributed by atoms with Gasteiger partial charge in [-0.3, -0.25) is 10.1 Å². The normalized spacial score (nSPS) is 14.0. The van der Waals surface area contributed by atoms with Gasteiger partial charge in [0.25, 0.3) is 5.91 Å². The van der Waals surface area contributed by atoms with Gasteiger partial charge < -0.3 is 10.5 Å². The van der Waals surface area contributed by atoms with Crippen molar-refractivity contribution in [1.82, 2.24) is 10.0 Å². The van der Waals surface area contributed by atoms with Crippen LogP contribution in [0.15, 0.2) is 27.6 Å². The van der Waals surface area contributed by atoms with Crippen molar-refractivity contribution >= 4 is 43.9 Å². The molecule has 1 aliphatic rings. The van der Waals surface area contributed by atoms with Crippen LogP contribution in [0.2, 0.25) is 0 Å². The summed E-state index contributed by atoms with van der Waals surface area (Å²) in [7, 11) is -3.74. The Morgan fingerprint density at radius 1 is 1.29 bits per heavy atom. The molecule has 0 unspecified atom stereocenters. The highest BCUT2D eigenvalue weighted by atomic mass is 79.9. The molecule has 0 aliphatic heterocycles. The molecule has 24 heavy (non-hydrogen) atoms. The monoisotopic (exact) mass is 419 g/mol. The van der Waals surface area contributed by atoms with E-state index in [9.17, 15) is 22.8 Å². The van der Waals surface area contributed by atoms with Gasteiger partial charge in [0.1, 0.15) is 0 Å². The number of halogens is 1. The lowest BCUT2D eigenvalue weighted by atomic mass is 10.2. The van der Waals surface area contributed by atoms with Gasteiger partial charge in [-0.1, -0.05) is 0 Å². The number of esters is 1. The number of hydrogen-bond acceptors (Lipinski definition) is 6. The third-order valence-corrected chi connectivity index (χ3v) is 5.17. The second-order valence-corrected chi connectivity index (χ2v) is 7.59. The average Bonchev–Trinajstić information content (AvgIpc) is 3.27. The van der Waals surface area contributed by atoms with Crippen LogP contribution in [0.5, 0.6) is 0 Å². The zero-order valence-electron chi connectivity index (χ0n) is 12.2. The number of imide groups is 1. The maximum atomic E-state index is 12.2. The maximum absolute atomic E-state index is 12.2. The Morgan fingerprint density at radius 2 is 1.96 bits per heavy atom. The summed E-state index contributed by atoms with van der Waals surface area (Å²) in [5, 5.41) is 1.73. The Bertz CT molecular complexity index is 791. The minimum Gasteiger partial charge on any atom is -0.452 e. The van der Waals surface area contributed by atoms with Gasteiger partial charge in [-0.15, -0.1) is 0 Å². The van der Waals surface area contributed by atoms with Crippen molar-refractivity contribution in [2.75, 3.05) is 6.61 Å². The molecular weight excluding hydrogens is 406 g/mol. The van der Waals surface area contributed by atoms with Crippen LogP contribution in [0.1, 0.15) is 23.2 Å². The molecule has 9 nitrogen and oxygen atoms in total. The number of sulfonamides is 1. The molecule has 1 saturated carbocycles. The van der Waals surface area contributed by atoms with Crippen LogP contribution in [-0.4, -0.2) is 39.0 Å². The summed E-state index contributed by atoms with van der Waals surface area (Å²) in [6.45, 7) is -0.731. The fourth-order valence-electron chi connectivity index (χ4n) is 1.70. The molecule has 0 aromatic heterocycles. The van der Waals surface area contributed by atoms with Gasteiger partial charge >= 0.3 is 12.0 Å². The molecular formula is C13H14BrN3O6S. The highest BCUT2D eigenvalue weighted by molar-refractivity contribution is 9.10. The first-order chi connectivity index (χ1) is 11.2. The summed E-state index contributed by atoms with van der Waals surface area (Å²) in [5.41, 5.74) is 4.69. The number of ether oxygens (including phenoxy) is 1. The summed E-state index contributed by atoms with van der Waals surface area (Å²) < 4.78 is 31.8. The molecule has 4 N–H and O–H groups in total. The lowest BCUT2D eigenvalue weighted by molar-refractivity contribution is -0.123. The van der Waals surface area contributed by atoms with Crippen LogP contribution in [-0.2, 0) is 19.6 Å². The summed E-state index contributed by atoms with van der Waals surface area (Å²) in [4.78, 5) is 33.6. The fraction of sp³-hybridized carbons (Fsp3) is 0.308. The van der Waals surface area contributed by atoms with Crippen LogP contribution < -0.4 is 15.8 Å². The summed E-state index contributed by atoms with van der Waals surface area (Å²) in [6, 6.07) is 2.72. The number of carbonyl (C=O) groups is 3.